The van der Waals surface area contributed by atoms with Crippen molar-refractivity contribution in [3.05, 3.63) is 48.2 Å². The van der Waals surface area contributed by atoms with E-state index >= 15 is 0 Å². The molecule has 0 fully saturated rings. The number of aromatic nitrogens is 2. The summed E-state index contributed by atoms with van der Waals surface area (Å²) in [5, 5.41) is 4.50. The van der Waals surface area contributed by atoms with Crippen LogP contribution < -0.4 is 5.73 Å². The van der Waals surface area contributed by atoms with E-state index in [9.17, 15) is 4.39 Å². The number of nitrogens with zero attached hydrogens (tertiary/aromatic N) is 2. The highest BCUT2D eigenvalue weighted by atomic mass is 19.1. The molecular formula is C16H16FN3O. The van der Waals surface area contributed by atoms with E-state index in [2.05, 4.69) is 5.10 Å². The van der Waals surface area contributed by atoms with Gasteiger partial charge in [0.1, 0.15) is 23.1 Å². The topological polar surface area (TPSA) is 57.0 Å². The van der Waals surface area contributed by atoms with Crippen molar-refractivity contribution < 1.29 is 8.81 Å². The second-order valence-electron chi connectivity index (χ2n) is 4.85. The van der Waals surface area contributed by atoms with Gasteiger partial charge in [-0.1, -0.05) is 19.1 Å². The van der Waals surface area contributed by atoms with Crippen LogP contribution in [0.5, 0.6) is 0 Å². The summed E-state index contributed by atoms with van der Waals surface area (Å²) < 4.78 is 20.2. The van der Waals surface area contributed by atoms with Crippen molar-refractivity contribution >= 4 is 5.82 Å². The highest BCUT2D eigenvalue weighted by molar-refractivity contribution is 5.88. The van der Waals surface area contributed by atoms with Gasteiger partial charge in [-0.25, -0.2) is 4.39 Å². The Bertz CT molecular complexity index is 771. The van der Waals surface area contributed by atoms with Crippen molar-refractivity contribution in [3.63, 3.8) is 0 Å². The molecular weight excluding hydrogens is 269 g/mol. The quantitative estimate of drug-likeness (QED) is 0.799. The van der Waals surface area contributed by atoms with Gasteiger partial charge in [0.05, 0.1) is 11.8 Å². The van der Waals surface area contributed by atoms with Crippen LogP contribution in [-0.2, 0) is 13.5 Å². The van der Waals surface area contributed by atoms with Gasteiger partial charge < -0.3 is 10.2 Å². The lowest BCUT2D eigenvalue weighted by Crippen LogP contribution is -1.98. The van der Waals surface area contributed by atoms with Crippen LogP contribution in [0.3, 0.4) is 0 Å². The number of rotatable bonds is 3. The lowest BCUT2D eigenvalue weighted by Gasteiger charge is -2.04. The summed E-state index contributed by atoms with van der Waals surface area (Å²) >= 11 is 0. The smallest absolute Gasteiger partial charge is 0.129 e. The van der Waals surface area contributed by atoms with Gasteiger partial charge in [0.25, 0.3) is 0 Å². The SMILES string of the molecule is CCc1occc1-c1nn(C)c(N)c1-c1ccc(F)cc1. The molecule has 3 aromatic rings. The number of aryl methyl sites for hydroxylation is 2. The lowest BCUT2D eigenvalue weighted by molar-refractivity contribution is 0.517. The molecule has 1 aromatic carbocycles. The van der Waals surface area contributed by atoms with E-state index in [1.54, 1.807) is 30.1 Å². The van der Waals surface area contributed by atoms with Crippen molar-refractivity contribution in [2.24, 2.45) is 7.05 Å². The van der Waals surface area contributed by atoms with Crippen LogP contribution in [0.15, 0.2) is 41.0 Å². The Labute approximate surface area is 122 Å². The van der Waals surface area contributed by atoms with Crippen molar-refractivity contribution in [3.8, 4) is 22.4 Å². The van der Waals surface area contributed by atoms with Gasteiger partial charge in [-0.05, 0) is 23.8 Å². The molecule has 4 nitrogen and oxygen atoms in total. The van der Waals surface area contributed by atoms with Crippen LogP contribution >= 0.6 is 0 Å². The molecule has 2 aromatic heterocycles. The molecule has 0 aliphatic carbocycles. The van der Waals surface area contributed by atoms with Gasteiger partial charge in [0.2, 0.25) is 0 Å². The van der Waals surface area contributed by atoms with E-state index < -0.39 is 0 Å². The van der Waals surface area contributed by atoms with Crippen molar-refractivity contribution in [1.82, 2.24) is 9.78 Å². The minimum absolute atomic E-state index is 0.277. The van der Waals surface area contributed by atoms with Crippen molar-refractivity contribution in [2.45, 2.75) is 13.3 Å². The summed E-state index contributed by atoms with van der Waals surface area (Å²) in [6.07, 6.45) is 2.41. The Morgan fingerprint density at radius 1 is 1.24 bits per heavy atom. The third kappa shape index (κ3) is 2.20. The molecule has 2 heterocycles. The minimum Gasteiger partial charge on any atom is -0.469 e. The number of benzene rings is 1. The Morgan fingerprint density at radius 3 is 2.62 bits per heavy atom. The molecule has 108 valence electrons. The van der Waals surface area contributed by atoms with Crippen LogP contribution in [0.2, 0.25) is 0 Å². The van der Waals surface area contributed by atoms with E-state index in [-0.39, 0.29) is 5.82 Å². The summed E-state index contributed by atoms with van der Waals surface area (Å²) in [5.41, 5.74) is 9.46. The van der Waals surface area contributed by atoms with Crippen molar-refractivity contribution in [1.29, 1.82) is 0 Å². The molecule has 0 amide bonds. The Balaban J connectivity index is 2.23. The maximum absolute atomic E-state index is 13.1. The first-order chi connectivity index (χ1) is 10.1. The minimum atomic E-state index is -0.277. The van der Waals surface area contributed by atoms with Gasteiger partial charge in [0.15, 0.2) is 0 Å². The molecule has 2 N–H and O–H groups in total. The van der Waals surface area contributed by atoms with Gasteiger partial charge in [-0.2, -0.15) is 5.10 Å². The Morgan fingerprint density at radius 2 is 1.95 bits per heavy atom. The maximum Gasteiger partial charge on any atom is 0.129 e. The number of halogens is 1. The average Bonchev–Trinajstić information content (AvgIpc) is 3.06. The summed E-state index contributed by atoms with van der Waals surface area (Å²) in [4.78, 5) is 0. The molecule has 3 rings (SSSR count). The van der Waals surface area contributed by atoms with Crippen LogP contribution in [-0.4, -0.2) is 9.78 Å². The summed E-state index contributed by atoms with van der Waals surface area (Å²) in [7, 11) is 1.79. The fraction of sp³-hybridized carbons (Fsp3) is 0.188. The zero-order valence-corrected chi connectivity index (χ0v) is 11.9. The molecule has 0 spiro atoms. The van der Waals surface area contributed by atoms with Crippen LogP contribution in [0.25, 0.3) is 22.4 Å². The first-order valence-electron chi connectivity index (χ1n) is 6.77. The first kappa shape index (κ1) is 13.4. The van der Waals surface area contributed by atoms with E-state index in [4.69, 9.17) is 10.2 Å². The van der Waals surface area contributed by atoms with E-state index in [0.29, 0.717) is 5.82 Å². The predicted molar refractivity (Wildman–Crippen MR) is 80.1 cm³/mol. The van der Waals surface area contributed by atoms with Crippen LogP contribution in [0.1, 0.15) is 12.7 Å². The fourth-order valence-electron chi connectivity index (χ4n) is 2.45. The predicted octanol–water partition coefficient (Wildman–Crippen LogP) is 3.63. The van der Waals surface area contributed by atoms with E-state index in [0.717, 1.165) is 34.6 Å². The normalized spacial score (nSPS) is 11.0. The third-order valence-corrected chi connectivity index (χ3v) is 3.55. The molecule has 0 radical (unpaired) electrons. The second-order valence-corrected chi connectivity index (χ2v) is 4.85. The number of nitrogen functional groups attached to an aromatic ring is 1. The van der Waals surface area contributed by atoms with Crippen molar-refractivity contribution in [2.75, 3.05) is 5.73 Å². The number of hydrogen-bond donors (Lipinski definition) is 1. The highest BCUT2D eigenvalue weighted by Crippen LogP contribution is 2.37. The van der Waals surface area contributed by atoms with Gasteiger partial charge in [-0.15, -0.1) is 0 Å². The number of nitrogens with two attached hydrogens (primary N) is 1. The number of furan rings is 1. The molecule has 0 bridgehead atoms. The Kier molecular flexibility index (Phi) is 3.25. The monoisotopic (exact) mass is 285 g/mol. The standard InChI is InChI=1S/C16H16FN3O/c1-3-13-12(8-9-21-13)15-14(16(18)20(2)19-15)10-4-6-11(17)7-5-10/h4-9H,3,18H2,1-2H3. The molecule has 21 heavy (non-hydrogen) atoms. The van der Waals surface area contributed by atoms with Gasteiger partial charge in [-0.3, -0.25) is 4.68 Å². The number of hydrogen-bond acceptors (Lipinski definition) is 3. The molecule has 0 aliphatic rings. The summed E-state index contributed by atoms with van der Waals surface area (Å²) in [5.74, 6) is 1.12. The average molecular weight is 285 g/mol. The Hall–Kier alpha value is -2.56. The number of anilines is 1. The van der Waals surface area contributed by atoms with Gasteiger partial charge >= 0.3 is 0 Å². The summed E-state index contributed by atoms with van der Waals surface area (Å²) in [6.45, 7) is 2.02. The fourth-order valence-corrected chi connectivity index (χ4v) is 2.45. The zero-order chi connectivity index (χ0) is 15.0. The zero-order valence-electron chi connectivity index (χ0n) is 11.9. The van der Waals surface area contributed by atoms with Gasteiger partial charge in [0, 0.05) is 19.0 Å². The lowest BCUT2D eigenvalue weighted by atomic mass is 10.0. The van der Waals surface area contributed by atoms with Crippen LogP contribution in [0, 0.1) is 5.82 Å². The third-order valence-electron chi connectivity index (χ3n) is 3.55. The van der Waals surface area contributed by atoms with Crippen LogP contribution in [0.4, 0.5) is 10.2 Å². The first-order valence-corrected chi connectivity index (χ1v) is 6.77. The molecule has 0 aliphatic heterocycles. The largest absolute Gasteiger partial charge is 0.469 e. The maximum atomic E-state index is 13.1. The summed E-state index contributed by atoms with van der Waals surface area (Å²) in [6, 6.07) is 8.13. The van der Waals surface area contributed by atoms with E-state index in [1.165, 1.54) is 12.1 Å². The molecule has 0 unspecified atom stereocenters. The second kappa shape index (κ2) is 5.09. The molecule has 0 saturated heterocycles. The molecule has 0 saturated carbocycles. The molecule has 5 heteroatoms. The van der Waals surface area contributed by atoms with E-state index in [1.807, 2.05) is 13.0 Å². The molecule has 0 atom stereocenters. The highest BCUT2D eigenvalue weighted by Gasteiger charge is 2.20.